The fourth-order valence-corrected chi connectivity index (χ4v) is 2.19. The maximum absolute atomic E-state index is 14.2. The molecule has 0 bridgehead atoms. The van der Waals surface area contributed by atoms with E-state index in [1.165, 1.54) is 0 Å². The number of H-pyrrole nitrogens is 1. The van der Waals surface area contributed by atoms with Crippen LogP contribution in [0.25, 0.3) is 0 Å². The number of halogens is 2. The van der Waals surface area contributed by atoms with Crippen LogP contribution in [0.3, 0.4) is 0 Å². The molecule has 26 heavy (non-hydrogen) atoms. The Kier molecular flexibility index (Phi) is 4.70. The Labute approximate surface area is 147 Å². The lowest BCUT2D eigenvalue weighted by atomic mass is 10.2. The quantitative estimate of drug-likeness (QED) is 0.643. The highest BCUT2D eigenvalue weighted by atomic mass is 19.1. The minimum Gasteiger partial charge on any atom is -0.359 e. The molecule has 1 unspecified atom stereocenters. The van der Waals surface area contributed by atoms with Gasteiger partial charge in [-0.3, -0.25) is 5.10 Å². The molecule has 10 heteroatoms. The van der Waals surface area contributed by atoms with E-state index < -0.39 is 17.7 Å². The lowest BCUT2D eigenvalue weighted by molar-refractivity contribution is 0.604. The molecule has 0 saturated carbocycles. The molecule has 3 heterocycles. The first-order chi connectivity index (χ1) is 12.5. The molecule has 0 fully saturated rings. The Hall–Kier alpha value is -3.61. The number of aromatic nitrogens is 5. The van der Waals surface area contributed by atoms with E-state index in [0.717, 1.165) is 24.2 Å². The van der Waals surface area contributed by atoms with Crippen molar-refractivity contribution in [3.05, 3.63) is 53.2 Å². The fourth-order valence-electron chi connectivity index (χ4n) is 2.19. The molecule has 0 saturated heterocycles. The molecule has 0 aliphatic rings. The van der Waals surface area contributed by atoms with Gasteiger partial charge in [0.1, 0.15) is 17.7 Å². The fraction of sp³-hybridized carbons (Fsp3) is 0.188. The summed E-state index contributed by atoms with van der Waals surface area (Å²) in [6.45, 7) is 3.52. The summed E-state index contributed by atoms with van der Waals surface area (Å²) >= 11 is 0. The summed E-state index contributed by atoms with van der Waals surface area (Å²) in [7, 11) is 0. The van der Waals surface area contributed by atoms with Gasteiger partial charge in [0.25, 0.3) is 0 Å². The summed E-state index contributed by atoms with van der Waals surface area (Å²) in [6, 6.07) is 4.14. The summed E-state index contributed by atoms with van der Waals surface area (Å²) in [5.41, 5.74) is 0.808. The van der Waals surface area contributed by atoms with Crippen molar-refractivity contribution in [1.29, 1.82) is 5.26 Å². The predicted octanol–water partition coefficient (Wildman–Crippen LogP) is 2.97. The summed E-state index contributed by atoms with van der Waals surface area (Å²) < 4.78 is 27.1. The highest BCUT2D eigenvalue weighted by Crippen LogP contribution is 2.25. The van der Waals surface area contributed by atoms with Crippen LogP contribution in [0.5, 0.6) is 0 Å². The zero-order valence-electron chi connectivity index (χ0n) is 13.9. The molecule has 132 valence electrons. The second-order valence-corrected chi connectivity index (χ2v) is 5.51. The normalized spacial score (nSPS) is 11.7. The second-order valence-electron chi connectivity index (χ2n) is 5.51. The monoisotopic (exact) mass is 356 g/mol. The van der Waals surface area contributed by atoms with Gasteiger partial charge in [0, 0.05) is 11.8 Å². The van der Waals surface area contributed by atoms with Gasteiger partial charge in [-0.15, -0.1) is 0 Å². The lowest BCUT2D eigenvalue weighted by Crippen LogP contribution is -2.14. The van der Waals surface area contributed by atoms with E-state index >= 15 is 0 Å². The van der Waals surface area contributed by atoms with E-state index in [1.807, 2.05) is 6.07 Å². The average molecular weight is 356 g/mol. The summed E-state index contributed by atoms with van der Waals surface area (Å²) in [4.78, 5) is 11.9. The van der Waals surface area contributed by atoms with E-state index in [4.69, 9.17) is 0 Å². The number of nitrogens with one attached hydrogen (secondary N) is 3. The van der Waals surface area contributed by atoms with E-state index in [0.29, 0.717) is 11.6 Å². The van der Waals surface area contributed by atoms with Crippen LogP contribution >= 0.6 is 0 Å². The number of pyridine rings is 1. The van der Waals surface area contributed by atoms with Crippen LogP contribution in [0, 0.1) is 29.9 Å². The van der Waals surface area contributed by atoms with Crippen LogP contribution in [-0.2, 0) is 0 Å². The van der Waals surface area contributed by atoms with Crippen molar-refractivity contribution in [3.8, 4) is 6.07 Å². The molecule has 0 aliphatic carbocycles. The number of hydrogen-bond acceptors (Lipinski definition) is 7. The Morgan fingerprint density at radius 1 is 1.19 bits per heavy atom. The van der Waals surface area contributed by atoms with Crippen molar-refractivity contribution in [2.45, 2.75) is 19.9 Å². The number of aromatic amines is 1. The number of anilines is 3. The van der Waals surface area contributed by atoms with Crippen LogP contribution < -0.4 is 10.6 Å². The minimum atomic E-state index is -0.696. The summed E-state index contributed by atoms with van der Waals surface area (Å²) in [5.74, 6) is -0.509. The molecule has 3 N–H and O–H groups in total. The number of aryl methyl sites for hydroxylation is 1. The first-order valence-corrected chi connectivity index (χ1v) is 7.60. The number of hydrogen-bond donors (Lipinski definition) is 3. The Balaban J connectivity index is 1.88. The van der Waals surface area contributed by atoms with Crippen molar-refractivity contribution in [3.63, 3.8) is 0 Å². The van der Waals surface area contributed by atoms with Gasteiger partial charge in [0.2, 0.25) is 0 Å². The SMILES string of the molecule is Cc1cc(Nc2nc(NC(C)c3ncc(F)cn3)c(C#N)cc2F)n[nH]1. The van der Waals surface area contributed by atoms with Gasteiger partial charge < -0.3 is 10.6 Å². The van der Waals surface area contributed by atoms with Gasteiger partial charge in [0.05, 0.1) is 24.0 Å². The van der Waals surface area contributed by atoms with Gasteiger partial charge in [-0.2, -0.15) is 10.4 Å². The molecular formula is C16H14F2N8. The molecule has 1 atom stereocenters. The Morgan fingerprint density at radius 2 is 1.92 bits per heavy atom. The number of nitrogens with zero attached hydrogens (tertiary/aromatic N) is 5. The topological polar surface area (TPSA) is 115 Å². The van der Waals surface area contributed by atoms with Crippen LogP contribution in [0.2, 0.25) is 0 Å². The number of rotatable bonds is 5. The van der Waals surface area contributed by atoms with Crippen molar-refractivity contribution in [1.82, 2.24) is 25.1 Å². The molecule has 0 radical (unpaired) electrons. The Bertz CT molecular complexity index is 961. The third-order valence-electron chi connectivity index (χ3n) is 3.43. The predicted molar refractivity (Wildman–Crippen MR) is 89.5 cm³/mol. The van der Waals surface area contributed by atoms with Gasteiger partial charge in [-0.1, -0.05) is 0 Å². The first-order valence-electron chi connectivity index (χ1n) is 7.60. The summed E-state index contributed by atoms with van der Waals surface area (Å²) in [5, 5.41) is 21.6. The van der Waals surface area contributed by atoms with Gasteiger partial charge in [-0.05, 0) is 19.9 Å². The van der Waals surface area contributed by atoms with Crippen molar-refractivity contribution >= 4 is 17.5 Å². The molecule has 0 spiro atoms. The third-order valence-corrected chi connectivity index (χ3v) is 3.43. The zero-order valence-corrected chi connectivity index (χ0v) is 13.9. The molecule has 3 aromatic heterocycles. The Morgan fingerprint density at radius 3 is 2.54 bits per heavy atom. The van der Waals surface area contributed by atoms with Crippen LogP contribution in [0.4, 0.5) is 26.2 Å². The zero-order chi connectivity index (χ0) is 18.7. The van der Waals surface area contributed by atoms with Crippen molar-refractivity contribution in [2.75, 3.05) is 10.6 Å². The van der Waals surface area contributed by atoms with Crippen molar-refractivity contribution < 1.29 is 8.78 Å². The van der Waals surface area contributed by atoms with Gasteiger partial charge >= 0.3 is 0 Å². The first kappa shape index (κ1) is 17.2. The number of nitriles is 1. The smallest absolute Gasteiger partial charge is 0.170 e. The highest BCUT2D eigenvalue weighted by molar-refractivity contribution is 5.61. The minimum absolute atomic E-state index is 0.0141. The van der Waals surface area contributed by atoms with Crippen molar-refractivity contribution in [2.24, 2.45) is 0 Å². The van der Waals surface area contributed by atoms with E-state index in [1.54, 1.807) is 19.9 Å². The molecule has 8 nitrogen and oxygen atoms in total. The summed E-state index contributed by atoms with van der Waals surface area (Å²) in [6.07, 6.45) is 2.08. The maximum Gasteiger partial charge on any atom is 0.170 e. The second kappa shape index (κ2) is 7.10. The molecule has 3 rings (SSSR count). The molecule has 0 amide bonds. The van der Waals surface area contributed by atoms with Gasteiger partial charge in [0.15, 0.2) is 23.3 Å². The lowest BCUT2D eigenvalue weighted by Gasteiger charge is -2.15. The third kappa shape index (κ3) is 3.72. The average Bonchev–Trinajstić information content (AvgIpc) is 3.03. The van der Waals surface area contributed by atoms with E-state index in [2.05, 4.69) is 35.8 Å². The maximum atomic E-state index is 14.2. The van der Waals surface area contributed by atoms with E-state index in [9.17, 15) is 14.0 Å². The molecule has 3 aromatic rings. The molecule has 0 aromatic carbocycles. The van der Waals surface area contributed by atoms with E-state index in [-0.39, 0.29) is 17.2 Å². The van der Waals surface area contributed by atoms with Gasteiger partial charge in [-0.25, -0.2) is 23.7 Å². The highest BCUT2D eigenvalue weighted by Gasteiger charge is 2.16. The molecule has 0 aliphatic heterocycles. The van der Waals surface area contributed by atoms with Crippen LogP contribution in [-0.4, -0.2) is 25.1 Å². The standard InChI is InChI=1S/C16H14F2N8/c1-8-3-13(26-25-8)23-16-12(18)4-10(5-19)15(24-16)22-9(2)14-20-6-11(17)7-21-14/h3-4,6-7,9H,1-2H3,(H3,22,23,24,25,26). The largest absolute Gasteiger partial charge is 0.359 e. The molecular weight excluding hydrogens is 342 g/mol. The van der Waals surface area contributed by atoms with Crippen LogP contribution in [0.15, 0.2) is 24.5 Å². The van der Waals surface area contributed by atoms with Crippen LogP contribution in [0.1, 0.15) is 30.0 Å².